The van der Waals surface area contributed by atoms with Crippen molar-refractivity contribution in [1.29, 1.82) is 0 Å². The van der Waals surface area contributed by atoms with E-state index in [1.54, 1.807) is 18.3 Å². The van der Waals surface area contributed by atoms with Gasteiger partial charge in [0.1, 0.15) is 12.1 Å². The van der Waals surface area contributed by atoms with E-state index in [2.05, 4.69) is 20.3 Å². The van der Waals surface area contributed by atoms with Crippen LogP contribution in [0.2, 0.25) is 0 Å². The lowest BCUT2D eigenvalue weighted by molar-refractivity contribution is -0.385. The fraction of sp³-hybridized carbons (Fsp3) is 0.357. The molecule has 0 saturated heterocycles. The third kappa shape index (κ3) is 3.11. The first kappa shape index (κ1) is 14.2. The van der Waals surface area contributed by atoms with Gasteiger partial charge in [-0.05, 0) is 25.0 Å². The summed E-state index contributed by atoms with van der Waals surface area (Å²) in [5.41, 5.74) is -0.252. The molecule has 3 rings (SSSR count). The molecule has 8 nitrogen and oxygen atoms in total. The number of nitro groups is 1. The summed E-state index contributed by atoms with van der Waals surface area (Å²) in [5.74, 6) is 0.496. The summed E-state index contributed by atoms with van der Waals surface area (Å²) in [6, 6.07) is 3.54. The zero-order chi connectivity index (χ0) is 15.4. The molecule has 8 heteroatoms. The Bertz CT molecular complexity index is 659. The number of ether oxygens (including phenoxy) is 1. The van der Waals surface area contributed by atoms with Gasteiger partial charge in [0.25, 0.3) is 0 Å². The maximum atomic E-state index is 11.4. The molecule has 1 aliphatic carbocycles. The first-order valence-electron chi connectivity index (χ1n) is 7.08. The molecule has 1 aliphatic rings. The summed E-state index contributed by atoms with van der Waals surface area (Å²) >= 11 is 0. The van der Waals surface area contributed by atoms with Crippen LogP contribution in [0.15, 0.2) is 30.9 Å². The normalized spacial score (nSPS) is 14.7. The van der Waals surface area contributed by atoms with Crippen molar-refractivity contribution in [2.24, 2.45) is 0 Å². The Morgan fingerprint density at radius 1 is 1.32 bits per heavy atom. The minimum absolute atomic E-state index is 0.0894. The highest BCUT2D eigenvalue weighted by Gasteiger charge is 2.27. The Morgan fingerprint density at radius 3 is 2.82 bits per heavy atom. The van der Waals surface area contributed by atoms with Gasteiger partial charge < -0.3 is 10.1 Å². The number of rotatable bonds is 5. The second-order valence-corrected chi connectivity index (χ2v) is 5.05. The fourth-order valence-electron chi connectivity index (χ4n) is 2.49. The number of aromatic nitrogens is 3. The second kappa shape index (κ2) is 6.33. The fourth-order valence-corrected chi connectivity index (χ4v) is 2.49. The van der Waals surface area contributed by atoms with Gasteiger partial charge in [-0.25, -0.2) is 4.98 Å². The highest BCUT2D eigenvalue weighted by Crippen LogP contribution is 2.35. The van der Waals surface area contributed by atoms with Crippen molar-refractivity contribution in [3.8, 4) is 11.6 Å². The molecule has 1 N–H and O–H groups in total. The number of nitrogens with one attached hydrogen (secondary N) is 1. The molecule has 2 aromatic rings. The third-order valence-corrected chi connectivity index (χ3v) is 3.52. The zero-order valence-corrected chi connectivity index (χ0v) is 11.8. The van der Waals surface area contributed by atoms with Crippen molar-refractivity contribution in [1.82, 2.24) is 15.0 Å². The van der Waals surface area contributed by atoms with Crippen molar-refractivity contribution in [2.75, 3.05) is 5.32 Å². The van der Waals surface area contributed by atoms with Gasteiger partial charge in [-0.3, -0.25) is 15.1 Å². The van der Waals surface area contributed by atoms with Crippen molar-refractivity contribution in [3.05, 3.63) is 41.0 Å². The van der Waals surface area contributed by atoms with Gasteiger partial charge in [-0.2, -0.15) is 4.98 Å². The predicted molar refractivity (Wildman–Crippen MR) is 78.9 cm³/mol. The van der Waals surface area contributed by atoms with E-state index in [9.17, 15) is 10.1 Å². The Balaban J connectivity index is 1.90. The highest BCUT2D eigenvalue weighted by atomic mass is 16.6. The van der Waals surface area contributed by atoms with Gasteiger partial charge in [0.2, 0.25) is 5.82 Å². The number of pyridine rings is 1. The minimum Gasteiger partial charge on any atom is -0.432 e. The maximum absolute atomic E-state index is 11.4. The van der Waals surface area contributed by atoms with Crippen molar-refractivity contribution in [3.63, 3.8) is 0 Å². The molecule has 0 radical (unpaired) electrons. The summed E-state index contributed by atoms with van der Waals surface area (Å²) in [6.07, 6.45) is 8.53. The average Bonchev–Trinajstić information content (AvgIpc) is 3.01. The SMILES string of the molecule is O=[N+]([O-])c1c(NC2CCCC2)ncnc1Oc1cccnc1. The summed E-state index contributed by atoms with van der Waals surface area (Å²) < 4.78 is 5.48. The molecule has 0 spiro atoms. The lowest BCUT2D eigenvalue weighted by Crippen LogP contribution is -2.17. The summed E-state index contributed by atoms with van der Waals surface area (Å²) in [4.78, 5) is 22.7. The van der Waals surface area contributed by atoms with Crippen LogP contribution in [0.4, 0.5) is 11.5 Å². The Labute approximate surface area is 126 Å². The van der Waals surface area contributed by atoms with Crippen molar-refractivity contribution >= 4 is 11.5 Å². The molecule has 1 saturated carbocycles. The number of hydrogen-bond acceptors (Lipinski definition) is 7. The van der Waals surface area contributed by atoms with Crippen LogP contribution < -0.4 is 10.1 Å². The topological polar surface area (TPSA) is 103 Å². The Morgan fingerprint density at radius 2 is 2.14 bits per heavy atom. The lowest BCUT2D eigenvalue weighted by atomic mass is 10.2. The van der Waals surface area contributed by atoms with Crippen molar-refractivity contribution in [2.45, 2.75) is 31.7 Å². The Hall–Kier alpha value is -2.77. The van der Waals surface area contributed by atoms with Gasteiger partial charge in [-0.1, -0.05) is 12.8 Å². The van der Waals surface area contributed by atoms with E-state index in [-0.39, 0.29) is 23.4 Å². The van der Waals surface area contributed by atoms with Gasteiger partial charge >= 0.3 is 11.6 Å². The molecule has 22 heavy (non-hydrogen) atoms. The molecule has 0 aliphatic heterocycles. The summed E-state index contributed by atoms with van der Waals surface area (Å²) in [5, 5.41) is 14.5. The molecule has 0 atom stereocenters. The van der Waals surface area contributed by atoms with Crippen LogP contribution in [0.25, 0.3) is 0 Å². The van der Waals surface area contributed by atoms with Crippen LogP contribution in [0.3, 0.4) is 0 Å². The maximum Gasteiger partial charge on any atom is 0.373 e. The van der Waals surface area contributed by atoms with Crippen LogP contribution in [0.5, 0.6) is 11.6 Å². The number of anilines is 1. The van der Waals surface area contributed by atoms with E-state index in [0.29, 0.717) is 5.75 Å². The molecule has 0 amide bonds. The monoisotopic (exact) mass is 301 g/mol. The molecule has 114 valence electrons. The molecular formula is C14H15N5O3. The third-order valence-electron chi connectivity index (χ3n) is 3.52. The molecule has 0 bridgehead atoms. The van der Waals surface area contributed by atoms with Crippen molar-refractivity contribution < 1.29 is 9.66 Å². The molecule has 0 unspecified atom stereocenters. The van der Waals surface area contributed by atoms with E-state index >= 15 is 0 Å². The Kier molecular flexibility index (Phi) is 4.08. The minimum atomic E-state index is -0.525. The molecule has 2 aromatic heterocycles. The van der Waals surface area contributed by atoms with E-state index in [4.69, 9.17) is 4.74 Å². The second-order valence-electron chi connectivity index (χ2n) is 5.05. The summed E-state index contributed by atoms with van der Waals surface area (Å²) in [6.45, 7) is 0. The van der Waals surface area contributed by atoms with E-state index in [1.807, 2.05) is 0 Å². The number of hydrogen-bond donors (Lipinski definition) is 1. The van der Waals surface area contributed by atoms with E-state index in [1.165, 1.54) is 12.5 Å². The predicted octanol–water partition coefficient (Wildman–Crippen LogP) is 2.93. The molecule has 2 heterocycles. The van der Waals surface area contributed by atoms with Gasteiger partial charge in [0, 0.05) is 12.2 Å². The smallest absolute Gasteiger partial charge is 0.373 e. The highest BCUT2D eigenvalue weighted by molar-refractivity contribution is 5.62. The van der Waals surface area contributed by atoms with Gasteiger partial charge in [-0.15, -0.1) is 0 Å². The van der Waals surface area contributed by atoms with Crippen LogP contribution >= 0.6 is 0 Å². The first-order valence-corrected chi connectivity index (χ1v) is 7.08. The summed E-state index contributed by atoms with van der Waals surface area (Å²) in [7, 11) is 0. The van der Waals surface area contributed by atoms with E-state index < -0.39 is 4.92 Å². The largest absolute Gasteiger partial charge is 0.432 e. The lowest BCUT2D eigenvalue weighted by Gasteiger charge is -2.13. The molecular weight excluding hydrogens is 286 g/mol. The van der Waals surface area contributed by atoms with Crippen LogP contribution in [0.1, 0.15) is 25.7 Å². The molecule has 1 fully saturated rings. The first-order chi connectivity index (χ1) is 10.7. The van der Waals surface area contributed by atoms with Crippen LogP contribution in [-0.2, 0) is 0 Å². The van der Waals surface area contributed by atoms with E-state index in [0.717, 1.165) is 25.7 Å². The van der Waals surface area contributed by atoms with Gasteiger partial charge in [0.05, 0.1) is 11.1 Å². The van der Waals surface area contributed by atoms with Crippen LogP contribution in [-0.4, -0.2) is 25.9 Å². The average molecular weight is 301 g/mol. The standard InChI is InChI=1S/C14H15N5O3/c20-19(21)12-13(18-10-4-1-2-5-10)16-9-17-14(12)22-11-6-3-7-15-8-11/h3,6-10H,1-2,4-5H2,(H,16,17,18). The molecule has 0 aromatic carbocycles. The zero-order valence-electron chi connectivity index (χ0n) is 11.8. The van der Waals surface area contributed by atoms with Crippen LogP contribution in [0, 0.1) is 10.1 Å². The quantitative estimate of drug-likeness (QED) is 0.668. The number of nitrogens with zero attached hydrogens (tertiary/aromatic N) is 4. The van der Waals surface area contributed by atoms with Gasteiger partial charge in [0.15, 0.2) is 0 Å².